The Bertz CT molecular complexity index is 3180. The minimum Gasteiger partial charge on any atom is -0.493 e. The fourth-order valence-electron chi connectivity index (χ4n) is 9.90. The summed E-state index contributed by atoms with van der Waals surface area (Å²) < 4.78 is 18.1. The number of carbonyl (C=O) groups excluding carboxylic acids is 7. The molecule has 5 aliphatic rings. The molecule has 4 atom stereocenters. The van der Waals surface area contributed by atoms with Gasteiger partial charge in [-0.15, -0.1) is 0 Å². The number of fused-ring (bicyclic) bond motifs is 4. The highest BCUT2D eigenvalue weighted by Crippen LogP contribution is 2.41. The number of anilines is 1. The first kappa shape index (κ1) is 54.1. The molecule has 18 nitrogen and oxygen atoms in total. The van der Waals surface area contributed by atoms with Crippen LogP contribution in [0, 0.1) is 19.8 Å². The van der Waals surface area contributed by atoms with Crippen molar-refractivity contribution in [2.45, 2.75) is 104 Å². The molecule has 0 saturated heterocycles. The lowest BCUT2D eigenvalue weighted by Gasteiger charge is -2.24. The third-order valence-electron chi connectivity index (χ3n) is 14.4. The van der Waals surface area contributed by atoms with Crippen molar-refractivity contribution < 1.29 is 47.8 Å². The highest BCUT2D eigenvalue weighted by atomic mass is 16.5. The van der Waals surface area contributed by atoms with Gasteiger partial charge in [0, 0.05) is 87.0 Å². The van der Waals surface area contributed by atoms with Crippen LogP contribution < -0.4 is 30.2 Å². The molecule has 78 heavy (non-hydrogen) atoms. The summed E-state index contributed by atoms with van der Waals surface area (Å²) in [6, 6.07) is 20.3. The largest absolute Gasteiger partial charge is 0.493 e. The van der Waals surface area contributed by atoms with Crippen LogP contribution >= 0.6 is 0 Å². The summed E-state index contributed by atoms with van der Waals surface area (Å²) in [7, 11) is 1.52. The van der Waals surface area contributed by atoms with E-state index in [1.54, 1.807) is 61.1 Å². The molecule has 7 amide bonds. The first-order valence-electron chi connectivity index (χ1n) is 26.4. The Hall–Kier alpha value is -8.67. The summed E-state index contributed by atoms with van der Waals surface area (Å²) in [6.07, 6.45) is 13.4. The Morgan fingerprint density at radius 1 is 0.654 bits per heavy atom. The average Bonchev–Trinajstić information content (AvgIpc) is 4.24. The number of ether oxygens (including phenoxy) is 3. The van der Waals surface area contributed by atoms with Gasteiger partial charge in [-0.3, -0.25) is 48.4 Å². The molecule has 0 unspecified atom stereocenters. The molecule has 9 rings (SSSR count). The van der Waals surface area contributed by atoms with Crippen molar-refractivity contribution in [2.75, 3.05) is 32.2 Å². The van der Waals surface area contributed by atoms with Crippen LogP contribution in [-0.2, 0) is 24.0 Å². The summed E-state index contributed by atoms with van der Waals surface area (Å²) >= 11 is 0. The number of imide groups is 1. The van der Waals surface area contributed by atoms with Gasteiger partial charge in [0.1, 0.15) is 17.8 Å². The van der Waals surface area contributed by atoms with E-state index in [1.165, 1.54) is 29.7 Å². The van der Waals surface area contributed by atoms with Gasteiger partial charge in [-0.2, -0.15) is 0 Å². The van der Waals surface area contributed by atoms with Crippen LogP contribution in [-0.4, -0.2) is 120 Å². The quantitative estimate of drug-likeness (QED) is 0.0537. The van der Waals surface area contributed by atoms with Crippen molar-refractivity contribution >= 4 is 82.0 Å². The Labute approximate surface area is 453 Å². The van der Waals surface area contributed by atoms with Gasteiger partial charge in [0.25, 0.3) is 23.6 Å². The van der Waals surface area contributed by atoms with Gasteiger partial charge in [0.15, 0.2) is 11.5 Å². The molecule has 18 heteroatoms. The zero-order chi connectivity index (χ0) is 55.2. The lowest BCUT2D eigenvalue weighted by molar-refractivity contribution is -0.137. The van der Waals surface area contributed by atoms with Crippen molar-refractivity contribution in [1.29, 1.82) is 0 Å². The molecule has 0 aliphatic carbocycles. The number of hydrogen-bond donors (Lipinski definition) is 3. The lowest BCUT2D eigenvalue weighted by atomic mass is 10.0. The Kier molecular flexibility index (Phi) is 16.4. The molecule has 4 aromatic carbocycles. The number of nitrogens with one attached hydrogen (secondary N) is 3. The molecular formula is C60H64N8O10. The zero-order valence-corrected chi connectivity index (χ0v) is 44.7. The van der Waals surface area contributed by atoms with Crippen LogP contribution in [0.3, 0.4) is 0 Å². The van der Waals surface area contributed by atoms with Gasteiger partial charge in [0.05, 0.1) is 54.9 Å². The fraction of sp³-hybridized carbons (Fsp3) is 0.350. The molecule has 0 radical (unpaired) electrons. The summed E-state index contributed by atoms with van der Waals surface area (Å²) in [6.45, 7) is 10.0. The van der Waals surface area contributed by atoms with Gasteiger partial charge in [-0.1, -0.05) is 62.2 Å². The van der Waals surface area contributed by atoms with Crippen molar-refractivity contribution in [2.24, 2.45) is 15.9 Å². The number of unbranched alkanes of at least 4 members (excludes halogenated alkanes) is 2. The monoisotopic (exact) mass is 1060 g/mol. The van der Waals surface area contributed by atoms with E-state index in [0.717, 1.165) is 27.8 Å². The number of aryl methyl sites for hydroxylation is 2. The Morgan fingerprint density at radius 3 is 1.81 bits per heavy atom. The van der Waals surface area contributed by atoms with Crippen molar-refractivity contribution in [3.05, 3.63) is 131 Å². The molecule has 404 valence electrons. The van der Waals surface area contributed by atoms with Crippen LogP contribution in [0.1, 0.15) is 109 Å². The molecule has 0 bridgehead atoms. The molecule has 3 N–H and O–H groups in total. The lowest BCUT2D eigenvalue weighted by Crippen LogP contribution is -2.53. The molecular weight excluding hydrogens is 993 g/mol. The number of nitrogens with zero attached hydrogens (tertiary/aromatic N) is 5. The van der Waals surface area contributed by atoms with Crippen LogP contribution in [0.15, 0.2) is 107 Å². The summed E-state index contributed by atoms with van der Waals surface area (Å²) in [4.78, 5) is 105. The highest BCUT2D eigenvalue weighted by Gasteiger charge is 2.35. The number of aliphatic imine (C=N–C) groups is 2. The van der Waals surface area contributed by atoms with Crippen LogP contribution in [0.4, 0.5) is 17.1 Å². The van der Waals surface area contributed by atoms with E-state index in [4.69, 9.17) is 24.2 Å². The van der Waals surface area contributed by atoms with Gasteiger partial charge < -0.3 is 40.0 Å². The second kappa shape index (κ2) is 23.7. The van der Waals surface area contributed by atoms with E-state index >= 15 is 0 Å². The van der Waals surface area contributed by atoms with Gasteiger partial charge in [-0.05, 0) is 91.6 Å². The van der Waals surface area contributed by atoms with Crippen molar-refractivity contribution in [3.63, 3.8) is 0 Å². The highest BCUT2D eigenvalue weighted by molar-refractivity contribution is 6.13. The fourth-order valence-corrected chi connectivity index (χ4v) is 9.90. The average molecular weight is 1060 g/mol. The standard InChI is InChI=1S/C60H64N8O10/c1-35(2)56(65-53(69)11-8-7-9-22-66-54(70)20-21-55(66)71)58(73)63-38(5)57(72)64-43-18-16-40(17-19-43)42-27-45-32-62-49-30-52(51(76-6)28-47(49)60(75)68(45)34-42)78-24-10-23-77-50-29-48-46(25-37(50)4)59(74)67-33-41(26-44(67)31-61-48)39-14-12-36(3)13-15-39/h12-21,25,28-35,38,44-45,56H,7-11,22-24,26-27H2,1-6H3,(H,63,73)(H,64,72)(H,65,69)/t38-,44-,45-,56-/m0/s1. The summed E-state index contributed by atoms with van der Waals surface area (Å²) in [5.41, 5.74) is 8.38. The first-order valence-corrected chi connectivity index (χ1v) is 26.4. The second-order valence-electron chi connectivity index (χ2n) is 20.5. The van der Waals surface area contributed by atoms with E-state index in [2.05, 4.69) is 47.1 Å². The number of rotatable bonds is 21. The molecule has 5 aliphatic heterocycles. The maximum atomic E-state index is 14.1. The van der Waals surface area contributed by atoms with E-state index in [0.29, 0.717) is 90.6 Å². The summed E-state index contributed by atoms with van der Waals surface area (Å²) in [5.74, 6) is -1.05. The minimum absolute atomic E-state index is 0.0940. The topological polar surface area (TPSA) is 218 Å². The molecule has 5 heterocycles. The van der Waals surface area contributed by atoms with E-state index < -0.39 is 23.9 Å². The van der Waals surface area contributed by atoms with Crippen molar-refractivity contribution in [3.8, 4) is 17.2 Å². The predicted octanol–water partition coefficient (Wildman–Crippen LogP) is 8.17. The van der Waals surface area contributed by atoms with E-state index in [1.807, 2.05) is 49.8 Å². The predicted molar refractivity (Wildman–Crippen MR) is 296 cm³/mol. The number of methoxy groups -OCH3 is 1. The normalized spacial score (nSPS) is 17.9. The van der Waals surface area contributed by atoms with Gasteiger partial charge in [-0.25, -0.2) is 0 Å². The molecule has 0 spiro atoms. The maximum absolute atomic E-state index is 14.1. The number of amides is 7. The number of hydrogen-bond acceptors (Lipinski definition) is 12. The molecule has 4 aromatic rings. The second-order valence-corrected chi connectivity index (χ2v) is 20.5. The minimum atomic E-state index is -0.920. The third kappa shape index (κ3) is 12.1. The SMILES string of the molecule is COc1cc2c(cc1OCCCOc1cc3c(cc1C)C(=O)N1C=C(c4ccc(C)cc4)C[C@H]1C=N3)N=C[C@@H]1CC(c3ccc(NC(=O)[C@H](C)NC(=O)[C@@H](NC(=O)CCCCCN4C(=O)C=CC4=O)C(C)C)cc3)=CN1C2=O. The van der Waals surface area contributed by atoms with Gasteiger partial charge in [0.2, 0.25) is 17.7 Å². The van der Waals surface area contributed by atoms with Crippen LogP contribution in [0.2, 0.25) is 0 Å². The molecule has 0 fully saturated rings. The third-order valence-corrected chi connectivity index (χ3v) is 14.4. The van der Waals surface area contributed by atoms with Gasteiger partial charge >= 0.3 is 0 Å². The number of benzene rings is 4. The van der Waals surface area contributed by atoms with Crippen LogP contribution in [0.25, 0.3) is 11.1 Å². The zero-order valence-electron chi connectivity index (χ0n) is 44.7. The maximum Gasteiger partial charge on any atom is 0.260 e. The summed E-state index contributed by atoms with van der Waals surface area (Å²) in [5, 5.41) is 8.34. The van der Waals surface area contributed by atoms with E-state index in [9.17, 15) is 33.6 Å². The Balaban J connectivity index is 0.734. The molecule has 0 saturated carbocycles. The first-order chi connectivity index (χ1) is 37.5. The van der Waals surface area contributed by atoms with Crippen molar-refractivity contribution in [1.82, 2.24) is 25.3 Å². The van der Waals surface area contributed by atoms with E-state index in [-0.39, 0.29) is 67.1 Å². The number of carbonyl (C=O) groups is 7. The Morgan fingerprint density at radius 2 is 1.22 bits per heavy atom. The van der Waals surface area contributed by atoms with Crippen LogP contribution in [0.5, 0.6) is 17.2 Å². The smallest absolute Gasteiger partial charge is 0.260 e. The molecule has 0 aromatic heterocycles.